The van der Waals surface area contributed by atoms with Crippen molar-refractivity contribution >= 4 is 12.2 Å². The highest BCUT2D eigenvalue weighted by Crippen LogP contribution is 2.29. The van der Waals surface area contributed by atoms with Gasteiger partial charge in [0.2, 0.25) is 0 Å². The summed E-state index contributed by atoms with van der Waals surface area (Å²) >= 11 is 0. The average Bonchev–Trinajstić information content (AvgIpc) is 2.53. The fourth-order valence-corrected chi connectivity index (χ4v) is 3.60. The van der Waals surface area contributed by atoms with Crippen molar-refractivity contribution in [2.45, 2.75) is 58.5 Å². The molecule has 2 atom stereocenters. The quantitative estimate of drug-likeness (QED) is 0.667. The molecule has 1 N–H and O–H groups in total. The number of rotatable bonds is 6. The second-order valence-corrected chi connectivity index (χ2v) is 6.83. The molecule has 1 aliphatic rings. The lowest BCUT2D eigenvalue weighted by molar-refractivity contribution is 0.101. The van der Waals surface area contributed by atoms with Crippen LogP contribution in [0.3, 0.4) is 0 Å². The van der Waals surface area contributed by atoms with Gasteiger partial charge < -0.3 is 5.11 Å². The van der Waals surface area contributed by atoms with Crippen LogP contribution in [0.15, 0.2) is 36.9 Å². The van der Waals surface area contributed by atoms with E-state index in [4.69, 9.17) is 0 Å². The molecule has 0 spiro atoms. The summed E-state index contributed by atoms with van der Waals surface area (Å²) in [5.41, 5.74) is 6.29. The summed E-state index contributed by atoms with van der Waals surface area (Å²) in [7, 11) is 0. The second kappa shape index (κ2) is 8.31. The standard InChI is InChI=1S/C22H30O/c1-5-20-13-19(14-21(6-2)17(20)4)11-10-16(3)12-18-8-7-9-22(23)15-18/h5,10-11,13-14,18,22-23H,1,3,6-9,12,15H2,2,4H3/b11-10+. The Bertz CT molecular complexity index is 594. The molecule has 1 aliphatic carbocycles. The van der Waals surface area contributed by atoms with Crippen LogP contribution < -0.4 is 0 Å². The Morgan fingerprint density at radius 1 is 1.35 bits per heavy atom. The van der Waals surface area contributed by atoms with E-state index in [1.54, 1.807) is 0 Å². The highest BCUT2D eigenvalue weighted by molar-refractivity contribution is 5.63. The molecule has 0 heterocycles. The first-order valence-electron chi connectivity index (χ1n) is 8.83. The van der Waals surface area contributed by atoms with Crippen LogP contribution in [0.4, 0.5) is 0 Å². The van der Waals surface area contributed by atoms with E-state index in [-0.39, 0.29) is 6.10 Å². The lowest BCUT2D eigenvalue weighted by atomic mass is 9.83. The number of allylic oxidation sites excluding steroid dienone is 2. The smallest absolute Gasteiger partial charge is 0.0543 e. The molecule has 1 heteroatoms. The highest BCUT2D eigenvalue weighted by atomic mass is 16.3. The van der Waals surface area contributed by atoms with Crippen molar-refractivity contribution in [1.29, 1.82) is 0 Å². The minimum absolute atomic E-state index is 0.107. The lowest BCUT2D eigenvalue weighted by Gasteiger charge is -2.25. The zero-order valence-electron chi connectivity index (χ0n) is 14.6. The van der Waals surface area contributed by atoms with E-state index in [9.17, 15) is 5.11 Å². The van der Waals surface area contributed by atoms with Crippen molar-refractivity contribution in [3.8, 4) is 0 Å². The van der Waals surface area contributed by atoms with Gasteiger partial charge in [0.25, 0.3) is 0 Å². The molecular formula is C22H30O. The Morgan fingerprint density at radius 3 is 2.78 bits per heavy atom. The number of aryl methyl sites for hydroxylation is 1. The van der Waals surface area contributed by atoms with Crippen LogP contribution in [-0.2, 0) is 6.42 Å². The summed E-state index contributed by atoms with van der Waals surface area (Å²) in [6.07, 6.45) is 12.4. The Hall–Kier alpha value is -1.60. The van der Waals surface area contributed by atoms with Crippen LogP contribution in [0.5, 0.6) is 0 Å². The molecule has 0 aromatic heterocycles. The van der Waals surface area contributed by atoms with Crippen LogP contribution in [0, 0.1) is 12.8 Å². The van der Waals surface area contributed by atoms with Gasteiger partial charge in [0.15, 0.2) is 0 Å². The molecule has 0 radical (unpaired) electrons. The third-order valence-electron chi connectivity index (χ3n) is 5.00. The second-order valence-electron chi connectivity index (χ2n) is 6.83. The molecule has 1 aromatic rings. The van der Waals surface area contributed by atoms with Crippen molar-refractivity contribution in [2.24, 2.45) is 5.92 Å². The number of aliphatic hydroxyl groups excluding tert-OH is 1. The zero-order chi connectivity index (χ0) is 16.8. The molecule has 2 rings (SSSR count). The number of hydrogen-bond acceptors (Lipinski definition) is 1. The number of hydrogen-bond donors (Lipinski definition) is 1. The van der Waals surface area contributed by atoms with Crippen LogP contribution in [0.25, 0.3) is 12.2 Å². The van der Waals surface area contributed by atoms with E-state index < -0.39 is 0 Å². The maximum Gasteiger partial charge on any atom is 0.0543 e. The van der Waals surface area contributed by atoms with Crippen molar-refractivity contribution in [2.75, 3.05) is 0 Å². The van der Waals surface area contributed by atoms with E-state index in [0.29, 0.717) is 5.92 Å². The van der Waals surface area contributed by atoms with Gasteiger partial charge in [-0.25, -0.2) is 0 Å². The van der Waals surface area contributed by atoms with Gasteiger partial charge in [-0.1, -0.05) is 56.4 Å². The minimum Gasteiger partial charge on any atom is -0.393 e. The minimum atomic E-state index is -0.107. The Labute approximate surface area is 141 Å². The van der Waals surface area contributed by atoms with Crippen molar-refractivity contribution in [1.82, 2.24) is 0 Å². The van der Waals surface area contributed by atoms with Crippen molar-refractivity contribution in [3.63, 3.8) is 0 Å². The summed E-state index contributed by atoms with van der Waals surface area (Å²) in [5.74, 6) is 0.587. The number of benzene rings is 1. The molecule has 2 unspecified atom stereocenters. The first-order chi connectivity index (χ1) is 11.0. The maximum atomic E-state index is 9.78. The molecule has 0 bridgehead atoms. The molecule has 124 valence electrons. The van der Waals surface area contributed by atoms with Crippen molar-refractivity contribution < 1.29 is 5.11 Å². The molecule has 0 saturated heterocycles. The van der Waals surface area contributed by atoms with Crippen LogP contribution in [0.1, 0.15) is 61.3 Å². The van der Waals surface area contributed by atoms with Gasteiger partial charge in [-0.05, 0) is 73.3 Å². The normalized spacial score (nSPS) is 21.5. The van der Waals surface area contributed by atoms with E-state index in [1.807, 2.05) is 6.08 Å². The van der Waals surface area contributed by atoms with E-state index in [0.717, 1.165) is 37.7 Å². The van der Waals surface area contributed by atoms with Crippen molar-refractivity contribution in [3.05, 3.63) is 59.2 Å². The topological polar surface area (TPSA) is 20.2 Å². The molecular weight excluding hydrogens is 280 g/mol. The first-order valence-corrected chi connectivity index (χ1v) is 8.83. The predicted octanol–water partition coefficient (Wildman–Crippen LogP) is 5.71. The monoisotopic (exact) mass is 310 g/mol. The average molecular weight is 310 g/mol. The summed E-state index contributed by atoms with van der Waals surface area (Å²) in [6.45, 7) is 12.5. The maximum absolute atomic E-state index is 9.78. The van der Waals surface area contributed by atoms with E-state index >= 15 is 0 Å². The molecule has 23 heavy (non-hydrogen) atoms. The molecule has 1 nitrogen and oxygen atoms in total. The third kappa shape index (κ3) is 4.94. The summed E-state index contributed by atoms with van der Waals surface area (Å²) in [6, 6.07) is 4.45. The Morgan fingerprint density at radius 2 is 2.13 bits per heavy atom. The summed E-state index contributed by atoms with van der Waals surface area (Å²) in [4.78, 5) is 0. The summed E-state index contributed by atoms with van der Waals surface area (Å²) in [5, 5.41) is 9.78. The molecule has 1 aromatic carbocycles. The van der Waals surface area contributed by atoms with E-state index in [2.05, 4.69) is 51.3 Å². The van der Waals surface area contributed by atoms with Crippen LogP contribution in [0.2, 0.25) is 0 Å². The first kappa shape index (κ1) is 17.7. The Kier molecular flexibility index (Phi) is 6.41. The van der Waals surface area contributed by atoms with Gasteiger partial charge in [0.05, 0.1) is 6.10 Å². The van der Waals surface area contributed by atoms with Gasteiger partial charge in [0.1, 0.15) is 0 Å². The van der Waals surface area contributed by atoms with Gasteiger partial charge >= 0.3 is 0 Å². The van der Waals surface area contributed by atoms with Gasteiger partial charge in [-0.3, -0.25) is 0 Å². The summed E-state index contributed by atoms with van der Waals surface area (Å²) < 4.78 is 0. The fourth-order valence-electron chi connectivity index (χ4n) is 3.60. The molecule has 1 fully saturated rings. The van der Waals surface area contributed by atoms with E-state index in [1.165, 1.54) is 28.7 Å². The fraction of sp³-hybridized carbons (Fsp3) is 0.455. The van der Waals surface area contributed by atoms with Crippen LogP contribution in [-0.4, -0.2) is 11.2 Å². The van der Waals surface area contributed by atoms with Crippen LogP contribution >= 0.6 is 0 Å². The van der Waals surface area contributed by atoms with Gasteiger partial charge in [-0.15, -0.1) is 0 Å². The SMILES string of the molecule is C=Cc1cc(/C=C/C(=C)CC2CCCC(O)C2)cc(CC)c1C. The molecule has 0 aliphatic heterocycles. The third-order valence-corrected chi connectivity index (χ3v) is 5.00. The Balaban J connectivity index is 2.04. The predicted molar refractivity (Wildman–Crippen MR) is 101 cm³/mol. The number of aliphatic hydroxyl groups is 1. The largest absolute Gasteiger partial charge is 0.393 e. The van der Waals surface area contributed by atoms with Gasteiger partial charge in [-0.2, -0.15) is 0 Å². The zero-order valence-corrected chi connectivity index (χ0v) is 14.6. The van der Waals surface area contributed by atoms with Gasteiger partial charge in [0, 0.05) is 0 Å². The lowest BCUT2D eigenvalue weighted by Crippen LogP contribution is -2.19. The molecule has 0 amide bonds. The molecule has 1 saturated carbocycles. The highest BCUT2D eigenvalue weighted by Gasteiger charge is 2.20.